The van der Waals surface area contributed by atoms with Crippen LogP contribution < -0.4 is 9.47 Å². The molecule has 3 rings (SSSR count). The molecule has 7 heteroatoms. The van der Waals surface area contributed by atoms with E-state index in [0.717, 1.165) is 0 Å². The SMILES string of the molecule is COCCCN1C(=O)C(=O)/C(=C(\O)c2ccc(OC(C)C)cc2)C1c1cccc(OC)c1. The van der Waals surface area contributed by atoms with Crippen molar-refractivity contribution in [2.45, 2.75) is 32.4 Å². The van der Waals surface area contributed by atoms with Crippen LogP contribution in [-0.2, 0) is 14.3 Å². The first-order chi connectivity index (χ1) is 15.4. The quantitative estimate of drug-likeness (QED) is 0.276. The highest BCUT2D eigenvalue weighted by Crippen LogP contribution is 2.40. The number of aliphatic hydroxyl groups excluding tert-OH is 1. The van der Waals surface area contributed by atoms with Crippen molar-refractivity contribution in [3.8, 4) is 11.5 Å². The molecule has 0 spiro atoms. The number of nitrogens with zero attached hydrogens (tertiary/aromatic N) is 1. The maximum Gasteiger partial charge on any atom is 0.295 e. The van der Waals surface area contributed by atoms with Gasteiger partial charge in [-0.2, -0.15) is 0 Å². The summed E-state index contributed by atoms with van der Waals surface area (Å²) in [6.07, 6.45) is 0.575. The average Bonchev–Trinajstić information content (AvgIpc) is 3.04. The molecule has 32 heavy (non-hydrogen) atoms. The third-order valence-corrected chi connectivity index (χ3v) is 5.20. The van der Waals surface area contributed by atoms with Crippen LogP contribution in [0.4, 0.5) is 0 Å². The fraction of sp³-hybridized carbons (Fsp3) is 0.360. The molecule has 1 aliphatic rings. The number of aliphatic hydroxyl groups is 1. The van der Waals surface area contributed by atoms with E-state index >= 15 is 0 Å². The number of benzene rings is 2. The van der Waals surface area contributed by atoms with Gasteiger partial charge < -0.3 is 24.2 Å². The maximum absolute atomic E-state index is 13.0. The summed E-state index contributed by atoms with van der Waals surface area (Å²) in [5.74, 6) is -0.326. The lowest BCUT2D eigenvalue weighted by atomic mass is 9.95. The van der Waals surface area contributed by atoms with Gasteiger partial charge in [0.25, 0.3) is 11.7 Å². The van der Waals surface area contributed by atoms with Gasteiger partial charge in [0.15, 0.2) is 0 Å². The highest BCUT2D eigenvalue weighted by molar-refractivity contribution is 6.46. The first kappa shape index (κ1) is 23.3. The fourth-order valence-corrected chi connectivity index (χ4v) is 3.77. The third-order valence-electron chi connectivity index (χ3n) is 5.20. The number of ketones is 1. The van der Waals surface area contributed by atoms with Gasteiger partial charge in [0, 0.05) is 25.8 Å². The van der Waals surface area contributed by atoms with Crippen LogP contribution in [0.2, 0.25) is 0 Å². The zero-order chi connectivity index (χ0) is 23.3. The molecule has 0 bridgehead atoms. The Kier molecular flexibility index (Phi) is 7.53. The van der Waals surface area contributed by atoms with Crippen molar-refractivity contribution in [3.05, 3.63) is 65.2 Å². The lowest BCUT2D eigenvalue weighted by Gasteiger charge is -2.25. The number of carbonyl (C=O) groups excluding carboxylic acids is 2. The molecule has 0 radical (unpaired) electrons. The lowest BCUT2D eigenvalue weighted by Crippen LogP contribution is -2.31. The number of hydrogen-bond acceptors (Lipinski definition) is 6. The van der Waals surface area contributed by atoms with Crippen LogP contribution in [0.5, 0.6) is 11.5 Å². The van der Waals surface area contributed by atoms with Crippen LogP contribution in [0.15, 0.2) is 54.1 Å². The normalized spacial score (nSPS) is 17.8. The highest BCUT2D eigenvalue weighted by atomic mass is 16.5. The molecular formula is C25H29NO6. The van der Waals surface area contributed by atoms with E-state index in [1.54, 1.807) is 56.7 Å². The Morgan fingerprint density at radius 3 is 2.41 bits per heavy atom. The zero-order valence-electron chi connectivity index (χ0n) is 18.8. The molecule has 2 aromatic rings. The van der Waals surface area contributed by atoms with Crippen molar-refractivity contribution in [2.75, 3.05) is 27.4 Å². The van der Waals surface area contributed by atoms with Crippen molar-refractivity contribution in [2.24, 2.45) is 0 Å². The molecule has 1 fully saturated rings. The second-order valence-corrected chi connectivity index (χ2v) is 7.81. The van der Waals surface area contributed by atoms with E-state index in [4.69, 9.17) is 14.2 Å². The first-order valence-electron chi connectivity index (χ1n) is 10.6. The summed E-state index contributed by atoms with van der Waals surface area (Å²) in [5, 5.41) is 11.1. The minimum absolute atomic E-state index is 0.0138. The Morgan fingerprint density at radius 2 is 1.78 bits per heavy atom. The molecule has 170 valence electrons. The molecule has 0 aliphatic carbocycles. The summed E-state index contributed by atoms with van der Waals surface area (Å²) in [7, 11) is 3.13. The predicted molar refractivity (Wildman–Crippen MR) is 121 cm³/mol. The van der Waals surface area contributed by atoms with Crippen LogP contribution in [-0.4, -0.2) is 55.2 Å². The highest BCUT2D eigenvalue weighted by Gasteiger charge is 2.45. The number of ether oxygens (including phenoxy) is 3. The fourth-order valence-electron chi connectivity index (χ4n) is 3.77. The second kappa shape index (κ2) is 10.3. The van der Waals surface area contributed by atoms with Crippen LogP contribution >= 0.6 is 0 Å². The van der Waals surface area contributed by atoms with Gasteiger partial charge in [-0.15, -0.1) is 0 Å². The average molecular weight is 440 g/mol. The number of hydrogen-bond donors (Lipinski definition) is 1. The van der Waals surface area contributed by atoms with E-state index in [0.29, 0.717) is 42.2 Å². The standard InChI is InChI=1S/C25H29NO6/c1-16(2)32-19-11-9-17(10-12-19)23(27)21-22(18-7-5-8-20(15-18)31-4)26(13-6-14-30-3)25(29)24(21)28/h5,7-12,15-16,22,27H,6,13-14H2,1-4H3/b23-21-. The van der Waals surface area contributed by atoms with Gasteiger partial charge in [0.05, 0.1) is 24.8 Å². The summed E-state index contributed by atoms with van der Waals surface area (Å²) in [5.41, 5.74) is 1.17. The van der Waals surface area contributed by atoms with Gasteiger partial charge in [0.1, 0.15) is 17.3 Å². The molecule has 1 atom stereocenters. The van der Waals surface area contributed by atoms with Crippen LogP contribution in [0, 0.1) is 0 Å². The van der Waals surface area contributed by atoms with Gasteiger partial charge in [-0.25, -0.2) is 0 Å². The number of likely N-dealkylation sites (tertiary alicyclic amines) is 1. The number of rotatable bonds is 9. The summed E-state index contributed by atoms with van der Waals surface area (Å²) >= 11 is 0. The molecule has 7 nitrogen and oxygen atoms in total. The van der Waals surface area contributed by atoms with Crippen LogP contribution in [0.25, 0.3) is 5.76 Å². The van der Waals surface area contributed by atoms with Crippen molar-refractivity contribution in [1.82, 2.24) is 4.90 Å². The van der Waals surface area contributed by atoms with Crippen molar-refractivity contribution >= 4 is 17.4 Å². The minimum atomic E-state index is -0.728. The van der Waals surface area contributed by atoms with E-state index in [1.807, 2.05) is 19.9 Å². The molecule has 1 saturated heterocycles. The Labute approximate surface area is 188 Å². The molecule has 1 N–H and O–H groups in total. The molecule has 2 aromatic carbocycles. The summed E-state index contributed by atoms with van der Waals surface area (Å²) in [4.78, 5) is 27.4. The molecule has 1 amide bonds. The monoisotopic (exact) mass is 439 g/mol. The largest absolute Gasteiger partial charge is 0.507 e. The van der Waals surface area contributed by atoms with E-state index in [2.05, 4.69) is 0 Å². The van der Waals surface area contributed by atoms with Crippen LogP contribution in [0.1, 0.15) is 37.4 Å². The van der Waals surface area contributed by atoms with Gasteiger partial charge in [-0.1, -0.05) is 12.1 Å². The van der Waals surface area contributed by atoms with E-state index in [-0.39, 0.29) is 17.4 Å². The van der Waals surface area contributed by atoms with Gasteiger partial charge in [-0.3, -0.25) is 9.59 Å². The Bertz CT molecular complexity index is 996. The van der Waals surface area contributed by atoms with Crippen molar-refractivity contribution in [1.29, 1.82) is 0 Å². The first-order valence-corrected chi connectivity index (χ1v) is 10.6. The Morgan fingerprint density at radius 1 is 1.06 bits per heavy atom. The van der Waals surface area contributed by atoms with Gasteiger partial charge in [-0.05, 0) is 62.2 Å². The molecule has 0 saturated carbocycles. The van der Waals surface area contributed by atoms with Gasteiger partial charge >= 0.3 is 0 Å². The number of Topliss-reactive ketones (excluding diaryl/α,β-unsaturated/α-hetero) is 1. The Balaban J connectivity index is 2.07. The Hall–Kier alpha value is -3.32. The van der Waals surface area contributed by atoms with E-state index < -0.39 is 17.7 Å². The number of methoxy groups -OCH3 is 2. The molecule has 1 unspecified atom stereocenters. The molecule has 0 aromatic heterocycles. The zero-order valence-corrected chi connectivity index (χ0v) is 18.8. The number of carbonyl (C=O) groups is 2. The van der Waals surface area contributed by atoms with Gasteiger partial charge in [0.2, 0.25) is 0 Å². The summed E-state index contributed by atoms with van der Waals surface area (Å²) in [6.45, 7) is 4.61. The van der Waals surface area contributed by atoms with Crippen molar-refractivity contribution in [3.63, 3.8) is 0 Å². The minimum Gasteiger partial charge on any atom is -0.507 e. The molecular weight excluding hydrogens is 410 g/mol. The molecule has 1 aliphatic heterocycles. The summed E-state index contributed by atoms with van der Waals surface area (Å²) in [6, 6.07) is 13.2. The third kappa shape index (κ3) is 4.94. The number of amides is 1. The second-order valence-electron chi connectivity index (χ2n) is 7.81. The maximum atomic E-state index is 13.0. The topological polar surface area (TPSA) is 85.3 Å². The van der Waals surface area contributed by atoms with Crippen molar-refractivity contribution < 1.29 is 28.9 Å². The van der Waals surface area contributed by atoms with E-state index in [9.17, 15) is 14.7 Å². The van der Waals surface area contributed by atoms with E-state index in [1.165, 1.54) is 4.90 Å². The molecule has 1 heterocycles. The predicted octanol–water partition coefficient (Wildman–Crippen LogP) is 3.94. The summed E-state index contributed by atoms with van der Waals surface area (Å²) < 4.78 is 16.1. The smallest absolute Gasteiger partial charge is 0.295 e. The lowest BCUT2D eigenvalue weighted by molar-refractivity contribution is -0.140. The van der Waals surface area contributed by atoms with Crippen LogP contribution in [0.3, 0.4) is 0 Å².